The molecule has 10 heteroatoms. The standard InChI is InChI=1S/C11H15N5O5/c1-20-9-5-8(14-11(12)15-9)16(3-13-5)10-7(19)6(18)4(2-17)21-10/h3-4,6-7,10,17-19H,2H2,1H3,(H2,12,14,15)/t4-,6-,7-,10-/m0/s1. The van der Waals surface area contributed by atoms with Crippen LogP contribution in [0.3, 0.4) is 0 Å². The van der Waals surface area contributed by atoms with E-state index in [1.807, 2.05) is 0 Å². The summed E-state index contributed by atoms with van der Waals surface area (Å²) in [6.45, 7) is -0.415. The van der Waals surface area contributed by atoms with Crippen molar-refractivity contribution < 1.29 is 24.8 Å². The van der Waals surface area contributed by atoms with E-state index < -0.39 is 31.1 Å². The predicted octanol–water partition coefficient (Wildman–Crippen LogP) is -1.97. The van der Waals surface area contributed by atoms with Gasteiger partial charge in [-0.05, 0) is 0 Å². The monoisotopic (exact) mass is 297 g/mol. The third kappa shape index (κ3) is 2.08. The van der Waals surface area contributed by atoms with Crippen molar-refractivity contribution in [2.24, 2.45) is 0 Å². The molecule has 0 aromatic carbocycles. The van der Waals surface area contributed by atoms with Crippen LogP contribution in [0.1, 0.15) is 6.23 Å². The predicted molar refractivity (Wildman–Crippen MR) is 69.3 cm³/mol. The van der Waals surface area contributed by atoms with Gasteiger partial charge in [0.25, 0.3) is 0 Å². The molecule has 0 radical (unpaired) electrons. The normalized spacial score (nSPS) is 29.1. The molecule has 10 nitrogen and oxygen atoms in total. The van der Waals surface area contributed by atoms with Crippen LogP contribution in [0.15, 0.2) is 6.33 Å². The number of hydrogen-bond acceptors (Lipinski definition) is 9. The highest BCUT2D eigenvalue weighted by Gasteiger charge is 2.44. The summed E-state index contributed by atoms with van der Waals surface area (Å²) >= 11 is 0. The third-order valence-electron chi connectivity index (χ3n) is 3.39. The Kier molecular flexibility index (Phi) is 3.37. The van der Waals surface area contributed by atoms with E-state index in [4.69, 9.17) is 20.3 Å². The van der Waals surface area contributed by atoms with Crippen molar-refractivity contribution in [1.29, 1.82) is 0 Å². The fraction of sp³-hybridized carbons (Fsp3) is 0.545. The van der Waals surface area contributed by atoms with Crippen LogP contribution in [-0.2, 0) is 4.74 Å². The van der Waals surface area contributed by atoms with E-state index in [2.05, 4.69) is 15.0 Å². The van der Waals surface area contributed by atoms with Gasteiger partial charge < -0.3 is 30.5 Å². The minimum atomic E-state index is -1.23. The molecule has 0 spiro atoms. The lowest BCUT2D eigenvalue weighted by atomic mass is 10.1. The average Bonchev–Trinajstić information content (AvgIpc) is 3.01. The van der Waals surface area contributed by atoms with Gasteiger partial charge in [-0.25, -0.2) is 4.98 Å². The zero-order valence-corrected chi connectivity index (χ0v) is 11.1. The summed E-state index contributed by atoms with van der Waals surface area (Å²) in [7, 11) is 1.42. The van der Waals surface area contributed by atoms with Gasteiger partial charge in [-0.3, -0.25) is 4.57 Å². The Morgan fingerprint density at radius 1 is 1.38 bits per heavy atom. The number of imidazole rings is 1. The van der Waals surface area contributed by atoms with Crippen LogP contribution in [0.4, 0.5) is 5.95 Å². The van der Waals surface area contributed by atoms with Crippen molar-refractivity contribution >= 4 is 17.1 Å². The highest BCUT2D eigenvalue weighted by atomic mass is 16.6. The molecule has 1 aliphatic rings. The van der Waals surface area contributed by atoms with Gasteiger partial charge >= 0.3 is 0 Å². The van der Waals surface area contributed by atoms with E-state index in [1.54, 1.807) is 0 Å². The Balaban J connectivity index is 2.07. The van der Waals surface area contributed by atoms with Crippen LogP contribution in [0.2, 0.25) is 0 Å². The molecule has 114 valence electrons. The van der Waals surface area contributed by atoms with Crippen molar-refractivity contribution in [3.63, 3.8) is 0 Å². The fourth-order valence-electron chi connectivity index (χ4n) is 2.35. The van der Waals surface area contributed by atoms with E-state index in [9.17, 15) is 10.2 Å². The first-order chi connectivity index (χ1) is 10.1. The maximum absolute atomic E-state index is 10.0. The maximum atomic E-state index is 10.0. The van der Waals surface area contributed by atoms with Gasteiger partial charge in [0, 0.05) is 0 Å². The van der Waals surface area contributed by atoms with Crippen molar-refractivity contribution in [3.05, 3.63) is 6.33 Å². The van der Waals surface area contributed by atoms with E-state index in [1.165, 1.54) is 18.0 Å². The molecule has 0 amide bonds. The molecule has 3 rings (SSSR count). The molecule has 2 aromatic heterocycles. The molecule has 5 N–H and O–H groups in total. The molecule has 0 aliphatic carbocycles. The molecule has 1 fully saturated rings. The second kappa shape index (κ2) is 5.07. The third-order valence-corrected chi connectivity index (χ3v) is 3.39. The topological polar surface area (TPSA) is 149 Å². The van der Waals surface area contributed by atoms with E-state index >= 15 is 0 Å². The Bertz CT molecular complexity index is 662. The number of aliphatic hydroxyl groups is 3. The van der Waals surface area contributed by atoms with Crippen molar-refractivity contribution in [1.82, 2.24) is 19.5 Å². The van der Waals surface area contributed by atoms with Gasteiger partial charge in [0.2, 0.25) is 11.8 Å². The SMILES string of the molecule is COc1nc(N)nc2c1ncn2[C@H]1O[C@@H](CO)[C@H](O)[C@@H]1O. The number of aromatic nitrogens is 4. The number of hydrogen-bond donors (Lipinski definition) is 4. The smallest absolute Gasteiger partial charge is 0.246 e. The van der Waals surface area contributed by atoms with Crippen LogP contribution in [0, 0.1) is 0 Å². The number of methoxy groups -OCH3 is 1. The second-order valence-electron chi connectivity index (χ2n) is 4.64. The Morgan fingerprint density at radius 3 is 2.76 bits per heavy atom. The molecule has 21 heavy (non-hydrogen) atoms. The molecule has 1 aliphatic heterocycles. The largest absolute Gasteiger partial charge is 0.479 e. The van der Waals surface area contributed by atoms with Crippen molar-refractivity contribution in [2.45, 2.75) is 24.5 Å². The van der Waals surface area contributed by atoms with Gasteiger partial charge in [0.05, 0.1) is 20.0 Å². The highest BCUT2D eigenvalue weighted by molar-refractivity contribution is 5.77. The Labute approximate surface area is 118 Å². The molecule has 3 heterocycles. The van der Waals surface area contributed by atoms with Crippen LogP contribution >= 0.6 is 0 Å². The van der Waals surface area contributed by atoms with Crippen LogP contribution in [-0.4, -0.2) is 66.9 Å². The van der Waals surface area contributed by atoms with E-state index in [0.717, 1.165) is 0 Å². The first kappa shape index (κ1) is 13.9. The molecule has 4 atom stereocenters. The zero-order valence-electron chi connectivity index (χ0n) is 11.1. The van der Waals surface area contributed by atoms with Gasteiger partial charge in [-0.1, -0.05) is 0 Å². The minimum Gasteiger partial charge on any atom is -0.479 e. The average molecular weight is 297 g/mol. The number of aliphatic hydroxyl groups excluding tert-OH is 3. The summed E-state index contributed by atoms with van der Waals surface area (Å²) in [6.07, 6.45) is -2.90. The van der Waals surface area contributed by atoms with E-state index in [0.29, 0.717) is 11.2 Å². The Hall–Kier alpha value is -2.01. The summed E-state index contributed by atoms with van der Waals surface area (Å²) in [5.41, 5.74) is 6.26. The number of nitrogens with two attached hydrogens (primary N) is 1. The summed E-state index contributed by atoms with van der Waals surface area (Å²) in [5.74, 6) is 0.177. The molecular formula is C11H15N5O5. The highest BCUT2D eigenvalue weighted by Crippen LogP contribution is 2.32. The Morgan fingerprint density at radius 2 is 2.14 bits per heavy atom. The number of fused-ring (bicyclic) bond motifs is 1. The van der Waals surface area contributed by atoms with E-state index in [-0.39, 0.29) is 11.8 Å². The van der Waals surface area contributed by atoms with Crippen molar-refractivity contribution in [3.8, 4) is 5.88 Å². The first-order valence-electron chi connectivity index (χ1n) is 6.23. The summed E-state index contributed by atoms with van der Waals surface area (Å²) in [6, 6.07) is 0. The van der Waals surface area contributed by atoms with Gasteiger partial charge in [0.1, 0.15) is 18.3 Å². The maximum Gasteiger partial charge on any atom is 0.246 e. The van der Waals surface area contributed by atoms with Crippen LogP contribution < -0.4 is 10.5 Å². The summed E-state index contributed by atoms with van der Waals surface area (Å²) in [5, 5.41) is 29.0. The quantitative estimate of drug-likeness (QED) is 0.506. The van der Waals surface area contributed by atoms with Gasteiger partial charge in [-0.15, -0.1) is 0 Å². The molecule has 0 bridgehead atoms. The molecular weight excluding hydrogens is 282 g/mol. The first-order valence-corrected chi connectivity index (χ1v) is 6.23. The van der Waals surface area contributed by atoms with Gasteiger partial charge in [-0.2, -0.15) is 9.97 Å². The molecule has 2 aromatic rings. The number of nitrogen functional groups attached to an aromatic ring is 1. The lowest BCUT2D eigenvalue weighted by molar-refractivity contribution is -0.0511. The van der Waals surface area contributed by atoms with Gasteiger partial charge in [0.15, 0.2) is 17.4 Å². The number of rotatable bonds is 3. The lowest BCUT2D eigenvalue weighted by Gasteiger charge is -2.16. The number of anilines is 1. The molecule has 0 saturated carbocycles. The number of nitrogens with zero attached hydrogens (tertiary/aromatic N) is 4. The van der Waals surface area contributed by atoms with Crippen LogP contribution in [0.5, 0.6) is 5.88 Å². The molecule has 1 saturated heterocycles. The lowest BCUT2D eigenvalue weighted by Crippen LogP contribution is -2.33. The van der Waals surface area contributed by atoms with Crippen LogP contribution in [0.25, 0.3) is 11.2 Å². The molecule has 0 unspecified atom stereocenters. The summed E-state index contributed by atoms with van der Waals surface area (Å²) < 4.78 is 11.9. The number of ether oxygens (including phenoxy) is 2. The second-order valence-corrected chi connectivity index (χ2v) is 4.64. The summed E-state index contributed by atoms with van der Waals surface area (Å²) in [4.78, 5) is 12.1. The minimum absolute atomic E-state index is 0.0205. The van der Waals surface area contributed by atoms with Crippen molar-refractivity contribution in [2.75, 3.05) is 19.5 Å². The zero-order chi connectivity index (χ0) is 15.1. The fourth-order valence-corrected chi connectivity index (χ4v) is 2.35.